The molecular formula is C21H21F2N7S2. The van der Waals surface area contributed by atoms with Crippen molar-refractivity contribution in [1.82, 2.24) is 21.0 Å². The summed E-state index contributed by atoms with van der Waals surface area (Å²) in [6, 6.07) is 13.1. The van der Waals surface area contributed by atoms with E-state index in [0.29, 0.717) is 23.1 Å². The van der Waals surface area contributed by atoms with Crippen molar-refractivity contribution >= 4 is 39.1 Å². The van der Waals surface area contributed by atoms with Crippen LogP contribution in [0.2, 0.25) is 0 Å². The summed E-state index contributed by atoms with van der Waals surface area (Å²) in [6.07, 6.45) is 0.518. The molecule has 2 heterocycles. The van der Waals surface area contributed by atoms with Gasteiger partial charge in [-0.3, -0.25) is 5.41 Å². The lowest BCUT2D eigenvalue weighted by molar-refractivity contribution is 0.500. The molecule has 3 N–H and O–H groups in total. The first-order valence-corrected chi connectivity index (χ1v) is 11.5. The molecule has 1 aliphatic heterocycles. The third-order valence-corrected chi connectivity index (χ3v) is 7.00. The summed E-state index contributed by atoms with van der Waals surface area (Å²) in [5.41, 5.74) is 6.85. The van der Waals surface area contributed by atoms with Crippen molar-refractivity contribution in [3.8, 4) is 0 Å². The number of halogens is 2. The molecule has 0 saturated heterocycles. The fourth-order valence-electron chi connectivity index (χ4n) is 3.34. The van der Waals surface area contributed by atoms with Gasteiger partial charge in [0.1, 0.15) is 32.4 Å². The highest BCUT2D eigenvalue weighted by Crippen LogP contribution is 2.52. The summed E-state index contributed by atoms with van der Waals surface area (Å²) in [5.74, 6) is -0.796. The number of hydrazone groups is 1. The molecule has 4 rings (SSSR count). The molecule has 1 unspecified atom stereocenters. The van der Waals surface area contributed by atoms with Gasteiger partial charge in [-0.2, -0.15) is 5.10 Å². The normalized spacial score (nSPS) is 18.0. The molecule has 0 aliphatic carbocycles. The van der Waals surface area contributed by atoms with Gasteiger partial charge in [-0.15, -0.1) is 10.2 Å². The van der Waals surface area contributed by atoms with Gasteiger partial charge in [0.15, 0.2) is 0 Å². The molecule has 0 bridgehead atoms. The van der Waals surface area contributed by atoms with Crippen molar-refractivity contribution in [2.75, 3.05) is 11.6 Å². The Balaban J connectivity index is 1.80. The highest BCUT2D eigenvalue weighted by Gasteiger charge is 2.48. The first-order valence-electron chi connectivity index (χ1n) is 9.82. The second kappa shape index (κ2) is 9.31. The van der Waals surface area contributed by atoms with Crippen molar-refractivity contribution < 1.29 is 8.78 Å². The van der Waals surface area contributed by atoms with Crippen LogP contribution in [0.4, 0.5) is 13.9 Å². The van der Waals surface area contributed by atoms with Crippen LogP contribution in [0, 0.1) is 24.0 Å². The molecule has 2 aromatic carbocycles. The molecule has 32 heavy (non-hydrogen) atoms. The van der Waals surface area contributed by atoms with E-state index in [4.69, 9.17) is 10.5 Å². The van der Waals surface area contributed by atoms with Gasteiger partial charge in [0.05, 0.1) is 0 Å². The molecular weight excluding hydrogens is 452 g/mol. The lowest BCUT2D eigenvalue weighted by atomic mass is 10.0. The monoisotopic (exact) mass is 473 g/mol. The molecule has 11 heteroatoms. The van der Waals surface area contributed by atoms with Gasteiger partial charge in [0.25, 0.3) is 0 Å². The molecule has 1 aromatic heterocycles. The van der Waals surface area contributed by atoms with Gasteiger partial charge in [-0.1, -0.05) is 53.4 Å². The summed E-state index contributed by atoms with van der Waals surface area (Å²) in [7, 11) is 0. The molecule has 0 radical (unpaired) electrons. The summed E-state index contributed by atoms with van der Waals surface area (Å²) >= 11 is 2.72. The van der Waals surface area contributed by atoms with Crippen LogP contribution in [-0.2, 0) is 4.87 Å². The molecule has 0 amide bonds. The topological polar surface area (TPSA) is 89.3 Å². The zero-order chi connectivity index (χ0) is 22.7. The van der Waals surface area contributed by atoms with E-state index in [1.165, 1.54) is 23.1 Å². The Labute approximate surface area is 192 Å². The van der Waals surface area contributed by atoms with Crippen molar-refractivity contribution in [3.63, 3.8) is 0 Å². The van der Waals surface area contributed by atoms with Crippen LogP contribution in [0.25, 0.3) is 0 Å². The molecule has 0 saturated carbocycles. The largest absolute Gasteiger partial charge is 0.310 e. The summed E-state index contributed by atoms with van der Waals surface area (Å²) < 4.78 is 28.6. The number of hydrazine groups is 1. The van der Waals surface area contributed by atoms with Gasteiger partial charge < -0.3 is 5.43 Å². The number of nitrogens with one attached hydrogen (secondary N) is 3. The van der Waals surface area contributed by atoms with E-state index in [0.717, 1.165) is 28.8 Å². The third-order valence-electron chi connectivity index (χ3n) is 4.74. The average molecular weight is 474 g/mol. The van der Waals surface area contributed by atoms with E-state index in [9.17, 15) is 8.78 Å². The molecule has 1 atom stereocenters. The minimum absolute atomic E-state index is 0.0977. The Kier molecular flexibility index (Phi) is 6.49. The number of nitrogens with zero attached hydrogens (tertiary/aromatic N) is 4. The van der Waals surface area contributed by atoms with E-state index in [1.807, 2.05) is 37.3 Å². The summed E-state index contributed by atoms with van der Waals surface area (Å²) in [6.45, 7) is 3.96. The van der Waals surface area contributed by atoms with E-state index < -0.39 is 16.5 Å². The Morgan fingerprint density at radius 1 is 1.16 bits per heavy atom. The first kappa shape index (κ1) is 22.3. The lowest BCUT2D eigenvalue weighted by Crippen LogP contribution is -2.43. The van der Waals surface area contributed by atoms with Crippen LogP contribution in [0.5, 0.6) is 0 Å². The third kappa shape index (κ3) is 4.50. The van der Waals surface area contributed by atoms with Crippen molar-refractivity contribution in [1.29, 1.82) is 5.41 Å². The van der Waals surface area contributed by atoms with E-state index in [-0.39, 0.29) is 11.4 Å². The maximum Gasteiger partial charge on any atom is 0.230 e. The van der Waals surface area contributed by atoms with Gasteiger partial charge in [-0.05, 0) is 37.6 Å². The highest BCUT2D eigenvalue weighted by atomic mass is 32.2. The Bertz CT molecular complexity index is 1150. The van der Waals surface area contributed by atoms with Crippen LogP contribution >= 0.6 is 23.1 Å². The highest BCUT2D eigenvalue weighted by molar-refractivity contribution is 8.15. The fourth-order valence-corrected chi connectivity index (χ4v) is 5.49. The van der Waals surface area contributed by atoms with E-state index >= 15 is 0 Å². The molecule has 3 aromatic rings. The van der Waals surface area contributed by atoms with Gasteiger partial charge in [-0.25, -0.2) is 19.2 Å². The molecule has 166 valence electrons. The number of aromatic nitrogens is 2. The van der Waals surface area contributed by atoms with Crippen LogP contribution in [0.3, 0.4) is 0 Å². The molecule has 7 nitrogen and oxygen atoms in total. The standard InChI is InChI=1S/C21H21F2N7S2/c1-13(24)26-25-11-10-21(15-6-4-3-5-7-15)30(20-28-27-14(2)31-20)29-19(32-21)17-12-16(22)8-9-18(17)23/h3-9,12,25H,10-11H2,1-2H3,(H2,24,26). The summed E-state index contributed by atoms with van der Waals surface area (Å²) in [5, 5.41) is 24.1. The Morgan fingerprint density at radius 3 is 2.62 bits per heavy atom. The van der Waals surface area contributed by atoms with Gasteiger partial charge in [0, 0.05) is 18.5 Å². The predicted octanol–water partition coefficient (Wildman–Crippen LogP) is 4.37. The number of aryl methyl sites for hydroxylation is 1. The number of anilines is 1. The van der Waals surface area contributed by atoms with Crippen molar-refractivity contribution in [3.05, 3.63) is 76.3 Å². The average Bonchev–Trinajstić information content (AvgIpc) is 3.38. The molecule has 0 fully saturated rings. The van der Waals surface area contributed by atoms with Gasteiger partial charge >= 0.3 is 0 Å². The number of hydrogen-bond acceptors (Lipinski definition) is 8. The maximum absolute atomic E-state index is 14.7. The van der Waals surface area contributed by atoms with Gasteiger partial charge in [0.2, 0.25) is 5.13 Å². The molecule has 0 spiro atoms. The van der Waals surface area contributed by atoms with Crippen molar-refractivity contribution in [2.45, 2.75) is 25.1 Å². The van der Waals surface area contributed by atoms with E-state index in [1.54, 1.807) is 11.9 Å². The predicted molar refractivity (Wildman–Crippen MR) is 125 cm³/mol. The fraction of sp³-hybridized carbons (Fsp3) is 0.238. The quantitative estimate of drug-likeness (QED) is 0.204. The SMILES string of the molecule is CC(=N)NNCCC1(c2ccccc2)SC(c2cc(F)ccc2F)=NN1c1nnc(C)s1. The zero-order valence-electron chi connectivity index (χ0n) is 17.4. The van der Waals surface area contributed by atoms with Crippen LogP contribution in [-0.4, -0.2) is 27.6 Å². The number of rotatable bonds is 7. The van der Waals surface area contributed by atoms with E-state index in [2.05, 4.69) is 21.0 Å². The second-order valence-corrected chi connectivity index (χ2v) is 9.55. The minimum atomic E-state index is -0.786. The maximum atomic E-state index is 14.7. The summed E-state index contributed by atoms with van der Waals surface area (Å²) in [4.78, 5) is -0.786. The number of hydrogen-bond donors (Lipinski definition) is 3. The van der Waals surface area contributed by atoms with Crippen LogP contribution in [0.15, 0.2) is 53.6 Å². The van der Waals surface area contributed by atoms with Crippen molar-refractivity contribution in [2.24, 2.45) is 5.10 Å². The van der Waals surface area contributed by atoms with Crippen LogP contribution in [0.1, 0.15) is 29.5 Å². The lowest BCUT2D eigenvalue weighted by Gasteiger charge is -2.35. The zero-order valence-corrected chi connectivity index (χ0v) is 19.0. The Hall–Kier alpha value is -2.89. The number of benzene rings is 2. The smallest absolute Gasteiger partial charge is 0.230 e. The first-order chi connectivity index (χ1) is 15.4. The number of amidine groups is 1. The number of thioether (sulfide) groups is 1. The van der Waals surface area contributed by atoms with Crippen LogP contribution < -0.4 is 15.9 Å². The second-order valence-electron chi connectivity index (χ2n) is 7.12. The molecule has 1 aliphatic rings. The Morgan fingerprint density at radius 2 is 1.94 bits per heavy atom. The minimum Gasteiger partial charge on any atom is -0.310 e.